The topological polar surface area (TPSA) is 3.24 Å². The Labute approximate surface area is 63.4 Å². The van der Waals surface area contributed by atoms with E-state index >= 15 is 0 Å². The second kappa shape index (κ2) is 2.29. The molecule has 1 saturated heterocycles. The van der Waals surface area contributed by atoms with Crippen LogP contribution in [0.25, 0.3) is 0 Å². The van der Waals surface area contributed by atoms with Crippen molar-refractivity contribution < 1.29 is 0 Å². The minimum atomic E-state index is 0.313. The van der Waals surface area contributed by atoms with Crippen molar-refractivity contribution in [1.29, 1.82) is 0 Å². The van der Waals surface area contributed by atoms with Crippen LogP contribution >= 0.6 is 0 Å². The number of terminal acetylenes is 1. The lowest BCUT2D eigenvalue weighted by atomic mass is 9.93. The van der Waals surface area contributed by atoms with Crippen LogP contribution < -0.4 is 0 Å². The minimum absolute atomic E-state index is 0.313. The van der Waals surface area contributed by atoms with Crippen LogP contribution in [-0.2, 0) is 0 Å². The van der Waals surface area contributed by atoms with E-state index in [1.54, 1.807) is 0 Å². The zero-order valence-corrected chi connectivity index (χ0v) is 7.02. The lowest BCUT2D eigenvalue weighted by molar-refractivity contribution is 0.0383. The highest BCUT2D eigenvalue weighted by atomic mass is 15.2. The maximum absolute atomic E-state index is 5.26. The van der Waals surface area contributed by atoms with E-state index in [9.17, 15) is 0 Å². The van der Waals surface area contributed by atoms with E-state index in [0.29, 0.717) is 11.5 Å². The van der Waals surface area contributed by atoms with Crippen LogP contribution in [0.15, 0.2) is 0 Å². The molecule has 0 N–H and O–H groups in total. The average Bonchev–Trinajstić information content (AvgIpc) is 1.57. The summed E-state index contributed by atoms with van der Waals surface area (Å²) in [5, 5.41) is 0. The summed E-state index contributed by atoms with van der Waals surface area (Å²) < 4.78 is 0. The van der Waals surface area contributed by atoms with Gasteiger partial charge in [0.2, 0.25) is 0 Å². The van der Waals surface area contributed by atoms with Crippen LogP contribution in [0.3, 0.4) is 0 Å². The first-order chi connectivity index (χ1) is 4.54. The maximum Gasteiger partial charge on any atom is 0.0455 e. The molecule has 1 heteroatoms. The molecule has 1 rings (SSSR count). The lowest BCUT2D eigenvalue weighted by Gasteiger charge is -2.45. The summed E-state index contributed by atoms with van der Waals surface area (Å²) in [4.78, 5) is 2.40. The number of nitrogens with zero attached hydrogens (tertiary/aromatic N) is 1. The van der Waals surface area contributed by atoms with Gasteiger partial charge in [-0.1, -0.05) is 0 Å². The van der Waals surface area contributed by atoms with Gasteiger partial charge in [0.15, 0.2) is 0 Å². The predicted octanol–water partition coefficient (Wildman–Crippen LogP) is 1.35. The van der Waals surface area contributed by atoms with Gasteiger partial charge in [-0.05, 0) is 20.8 Å². The highest BCUT2D eigenvalue weighted by Crippen LogP contribution is 2.24. The van der Waals surface area contributed by atoms with Gasteiger partial charge in [-0.2, -0.15) is 0 Å². The molecule has 1 aliphatic heterocycles. The molecule has 0 aliphatic carbocycles. The number of rotatable bonds is 0. The number of hydrogen-bond donors (Lipinski definition) is 0. The van der Waals surface area contributed by atoms with E-state index < -0.39 is 0 Å². The van der Waals surface area contributed by atoms with Crippen molar-refractivity contribution in [3.05, 3.63) is 0 Å². The van der Waals surface area contributed by atoms with E-state index in [1.807, 2.05) is 0 Å². The molecule has 1 heterocycles. The predicted molar refractivity (Wildman–Crippen MR) is 43.6 cm³/mol. The third-order valence-corrected chi connectivity index (χ3v) is 2.07. The third kappa shape index (κ3) is 1.33. The van der Waals surface area contributed by atoms with Crippen molar-refractivity contribution in [2.24, 2.45) is 5.92 Å². The molecule has 10 heavy (non-hydrogen) atoms. The van der Waals surface area contributed by atoms with Gasteiger partial charge in [-0.15, -0.1) is 12.3 Å². The smallest absolute Gasteiger partial charge is 0.0455 e. The first-order valence-corrected chi connectivity index (χ1v) is 3.75. The molecule has 0 aromatic rings. The van der Waals surface area contributed by atoms with Crippen molar-refractivity contribution in [2.45, 2.75) is 26.3 Å². The van der Waals surface area contributed by atoms with Crippen LogP contribution in [0.5, 0.6) is 0 Å². The van der Waals surface area contributed by atoms with Crippen molar-refractivity contribution in [1.82, 2.24) is 4.90 Å². The third-order valence-electron chi connectivity index (χ3n) is 2.07. The van der Waals surface area contributed by atoms with Gasteiger partial charge in [0.1, 0.15) is 0 Å². The highest BCUT2D eigenvalue weighted by molar-refractivity contribution is 5.04. The van der Waals surface area contributed by atoms with Gasteiger partial charge in [0.05, 0.1) is 0 Å². The Morgan fingerprint density at radius 3 is 2.20 bits per heavy atom. The number of likely N-dealkylation sites (tertiary alicyclic amines) is 1. The Hall–Kier alpha value is -0.480. The zero-order valence-electron chi connectivity index (χ0n) is 7.02. The van der Waals surface area contributed by atoms with Gasteiger partial charge in [0, 0.05) is 24.5 Å². The summed E-state index contributed by atoms with van der Waals surface area (Å²) in [7, 11) is 0. The van der Waals surface area contributed by atoms with E-state index in [2.05, 4.69) is 31.6 Å². The molecule has 0 unspecified atom stereocenters. The molecule has 56 valence electrons. The first kappa shape index (κ1) is 7.63. The lowest BCUT2D eigenvalue weighted by Crippen LogP contribution is -2.55. The van der Waals surface area contributed by atoms with Gasteiger partial charge >= 0.3 is 0 Å². The molecule has 0 radical (unpaired) electrons. The van der Waals surface area contributed by atoms with Gasteiger partial charge in [-0.25, -0.2) is 0 Å². The normalized spacial score (nSPS) is 21.8. The van der Waals surface area contributed by atoms with Crippen LogP contribution in [0.2, 0.25) is 0 Å². The Bertz CT molecular complexity index is 153. The molecule has 0 aromatic heterocycles. The zero-order chi connectivity index (χ0) is 7.78. The fourth-order valence-corrected chi connectivity index (χ4v) is 1.13. The standard InChI is InChI=1S/C9H15N/c1-5-8-6-10(7-8)9(2,3)4/h1,8H,6-7H2,2-4H3. The first-order valence-electron chi connectivity index (χ1n) is 3.75. The van der Waals surface area contributed by atoms with Gasteiger partial charge < -0.3 is 0 Å². The summed E-state index contributed by atoms with van der Waals surface area (Å²) in [5.74, 6) is 3.27. The molecule has 1 fully saturated rings. The van der Waals surface area contributed by atoms with Crippen LogP contribution in [-0.4, -0.2) is 23.5 Å². The Balaban J connectivity index is 2.35. The van der Waals surface area contributed by atoms with Gasteiger partial charge in [0.25, 0.3) is 0 Å². The average molecular weight is 137 g/mol. The summed E-state index contributed by atoms with van der Waals surface area (Å²) in [6.45, 7) is 8.83. The van der Waals surface area contributed by atoms with Crippen LogP contribution in [0.1, 0.15) is 20.8 Å². The fourth-order valence-electron chi connectivity index (χ4n) is 1.13. The van der Waals surface area contributed by atoms with E-state index in [1.165, 1.54) is 0 Å². The molecular formula is C9H15N. The van der Waals surface area contributed by atoms with E-state index in [4.69, 9.17) is 6.42 Å². The minimum Gasteiger partial charge on any atom is -0.296 e. The van der Waals surface area contributed by atoms with E-state index in [0.717, 1.165) is 13.1 Å². The molecule has 0 bridgehead atoms. The Morgan fingerprint density at radius 2 is 1.90 bits per heavy atom. The molecule has 0 atom stereocenters. The molecule has 0 saturated carbocycles. The quantitative estimate of drug-likeness (QED) is 0.455. The summed E-state index contributed by atoms with van der Waals surface area (Å²) in [6.07, 6.45) is 5.26. The van der Waals surface area contributed by atoms with Crippen molar-refractivity contribution in [3.8, 4) is 12.3 Å². The van der Waals surface area contributed by atoms with Crippen molar-refractivity contribution in [2.75, 3.05) is 13.1 Å². The largest absolute Gasteiger partial charge is 0.296 e. The van der Waals surface area contributed by atoms with Crippen LogP contribution in [0.4, 0.5) is 0 Å². The molecule has 1 nitrogen and oxygen atoms in total. The SMILES string of the molecule is C#CC1CN(C(C)(C)C)C1. The highest BCUT2D eigenvalue weighted by Gasteiger charge is 2.32. The second-order valence-electron chi connectivity index (χ2n) is 3.94. The Kier molecular flexibility index (Phi) is 1.74. The van der Waals surface area contributed by atoms with Gasteiger partial charge in [-0.3, -0.25) is 4.90 Å². The Morgan fingerprint density at radius 1 is 1.40 bits per heavy atom. The van der Waals surface area contributed by atoms with Crippen molar-refractivity contribution >= 4 is 0 Å². The second-order valence-corrected chi connectivity index (χ2v) is 3.94. The molecular weight excluding hydrogens is 122 g/mol. The number of hydrogen-bond acceptors (Lipinski definition) is 1. The van der Waals surface area contributed by atoms with Crippen LogP contribution in [0, 0.1) is 18.3 Å². The molecule has 1 aliphatic rings. The van der Waals surface area contributed by atoms with Crippen molar-refractivity contribution in [3.63, 3.8) is 0 Å². The maximum atomic E-state index is 5.26. The molecule has 0 spiro atoms. The monoisotopic (exact) mass is 137 g/mol. The fraction of sp³-hybridized carbons (Fsp3) is 0.778. The van der Waals surface area contributed by atoms with E-state index in [-0.39, 0.29) is 0 Å². The summed E-state index contributed by atoms with van der Waals surface area (Å²) >= 11 is 0. The summed E-state index contributed by atoms with van der Waals surface area (Å²) in [6, 6.07) is 0. The molecule has 0 amide bonds. The molecule has 0 aromatic carbocycles. The summed E-state index contributed by atoms with van der Waals surface area (Å²) in [5.41, 5.74) is 0.313.